The van der Waals surface area contributed by atoms with E-state index in [2.05, 4.69) is 16.9 Å². The maximum absolute atomic E-state index is 10.8. The zero-order valence-corrected chi connectivity index (χ0v) is 12.3. The van der Waals surface area contributed by atoms with Crippen molar-refractivity contribution in [3.8, 4) is 0 Å². The first-order valence-corrected chi connectivity index (χ1v) is 7.42. The molecule has 0 saturated carbocycles. The molecule has 0 aliphatic heterocycles. The third kappa shape index (κ3) is 13.0. The molecule has 4 heteroatoms. The van der Waals surface area contributed by atoms with E-state index in [1.165, 1.54) is 45.4 Å². The van der Waals surface area contributed by atoms with Gasteiger partial charge in [0.05, 0.1) is 0 Å². The minimum absolute atomic E-state index is 0.00348. The van der Waals surface area contributed by atoms with Crippen LogP contribution in [-0.2, 0) is 4.79 Å². The van der Waals surface area contributed by atoms with Gasteiger partial charge in [-0.2, -0.15) is 0 Å². The van der Waals surface area contributed by atoms with Crippen molar-refractivity contribution in [3.63, 3.8) is 0 Å². The number of carbonyl (C=O) groups excluding carboxylic acids is 1. The number of allylic oxidation sites excluding steroid dienone is 1. The number of ketones is 1. The number of hydrogen-bond donors (Lipinski definition) is 0. The van der Waals surface area contributed by atoms with Crippen LogP contribution in [0.3, 0.4) is 0 Å². The van der Waals surface area contributed by atoms with Crippen molar-refractivity contribution in [3.05, 3.63) is 22.6 Å². The molecule has 0 aliphatic carbocycles. The van der Waals surface area contributed by atoms with Gasteiger partial charge in [-0.1, -0.05) is 63.1 Å². The summed E-state index contributed by atoms with van der Waals surface area (Å²) in [7, 11) is 0. The molecule has 0 N–H and O–H groups in total. The predicted molar refractivity (Wildman–Crippen MR) is 80.0 cm³/mol. The number of rotatable bonds is 12. The molecular weight excluding hydrogens is 238 g/mol. The standard InChI is InChI=1S/C15H27N3O/c1-3-4-5-6-7-8-9-12-15(17-18-16)13-10-11-14(2)19/h10-11,15H,3-9,12-13H2,1-2H3/b11-10+/t15-/m1/s1. The number of nitrogens with zero attached hydrogens (tertiary/aromatic N) is 3. The fraction of sp³-hybridized carbons (Fsp3) is 0.800. The van der Waals surface area contributed by atoms with Crippen molar-refractivity contribution >= 4 is 5.78 Å². The van der Waals surface area contributed by atoms with Gasteiger partial charge in [0.15, 0.2) is 5.78 Å². The molecule has 0 aromatic heterocycles. The smallest absolute Gasteiger partial charge is 0.152 e. The maximum atomic E-state index is 10.8. The molecule has 108 valence electrons. The lowest BCUT2D eigenvalue weighted by Crippen LogP contribution is -2.02. The van der Waals surface area contributed by atoms with Crippen LogP contribution in [-0.4, -0.2) is 11.8 Å². The summed E-state index contributed by atoms with van der Waals surface area (Å²) in [4.78, 5) is 13.7. The molecule has 0 radical (unpaired) electrons. The van der Waals surface area contributed by atoms with Crippen molar-refractivity contribution in [1.82, 2.24) is 0 Å². The topological polar surface area (TPSA) is 65.8 Å². The first-order valence-electron chi connectivity index (χ1n) is 7.42. The van der Waals surface area contributed by atoms with Crippen LogP contribution in [0.4, 0.5) is 0 Å². The SMILES string of the molecule is CCCCCCCCC[C@H](C/C=C/C(C)=O)N=[N+]=[N-]. The highest BCUT2D eigenvalue weighted by Crippen LogP contribution is 2.13. The van der Waals surface area contributed by atoms with Crippen LogP contribution >= 0.6 is 0 Å². The molecule has 0 saturated heterocycles. The average molecular weight is 265 g/mol. The van der Waals surface area contributed by atoms with Gasteiger partial charge in [-0.3, -0.25) is 4.79 Å². The van der Waals surface area contributed by atoms with E-state index < -0.39 is 0 Å². The Morgan fingerprint density at radius 2 is 1.84 bits per heavy atom. The molecule has 0 fully saturated rings. The molecule has 0 aliphatic rings. The van der Waals surface area contributed by atoms with Crippen LogP contribution < -0.4 is 0 Å². The first-order chi connectivity index (χ1) is 9.20. The monoisotopic (exact) mass is 265 g/mol. The third-order valence-electron chi connectivity index (χ3n) is 3.12. The summed E-state index contributed by atoms with van der Waals surface area (Å²) >= 11 is 0. The largest absolute Gasteiger partial charge is 0.295 e. The second-order valence-corrected chi connectivity index (χ2v) is 5.02. The van der Waals surface area contributed by atoms with Crippen molar-refractivity contribution in [1.29, 1.82) is 0 Å². The van der Waals surface area contributed by atoms with Gasteiger partial charge in [-0.05, 0) is 31.4 Å². The van der Waals surface area contributed by atoms with Crippen molar-refractivity contribution in [2.24, 2.45) is 5.11 Å². The number of azide groups is 1. The molecular formula is C15H27N3O. The maximum Gasteiger partial charge on any atom is 0.152 e. The lowest BCUT2D eigenvalue weighted by molar-refractivity contribution is -0.112. The summed E-state index contributed by atoms with van der Waals surface area (Å²) in [5.41, 5.74) is 8.51. The van der Waals surface area contributed by atoms with Gasteiger partial charge in [0.25, 0.3) is 0 Å². The predicted octanol–water partition coefficient (Wildman–Crippen LogP) is 5.34. The summed E-state index contributed by atoms with van der Waals surface area (Å²) in [5, 5.41) is 3.79. The molecule has 0 unspecified atom stereocenters. The Bertz CT molecular complexity index is 307. The van der Waals surface area contributed by atoms with E-state index in [-0.39, 0.29) is 11.8 Å². The number of hydrogen-bond acceptors (Lipinski definition) is 2. The highest BCUT2D eigenvalue weighted by Gasteiger charge is 2.04. The molecule has 0 heterocycles. The zero-order valence-electron chi connectivity index (χ0n) is 12.3. The normalized spacial score (nSPS) is 12.3. The van der Waals surface area contributed by atoms with Crippen LogP contribution in [0.1, 0.15) is 71.6 Å². The van der Waals surface area contributed by atoms with Crippen LogP contribution in [0.25, 0.3) is 10.4 Å². The van der Waals surface area contributed by atoms with Gasteiger partial charge in [-0.15, -0.1) is 0 Å². The molecule has 0 amide bonds. The summed E-state index contributed by atoms with van der Waals surface area (Å²) in [6, 6.07) is -0.00348. The van der Waals surface area contributed by atoms with Crippen molar-refractivity contribution in [2.45, 2.75) is 77.7 Å². The van der Waals surface area contributed by atoms with E-state index in [1.54, 1.807) is 6.08 Å². The van der Waals surface area contributed by atoms with E-state index in [0.29, 0.717) is 6.42 Å². The van der Waals surface area contributed by atoms with Crippen LogP contribution in [0.2, 0.25) is 0 Å². The Balaban J connectivity index is 3.71. The molecule has 0 spiro atoms. The summed E-state index contributed by atoms with van der Waals surface area (Å²) in [5.74, 6) is 0.0376. The summed E-state index contributed by atoms with van der Waals surface area (Å²) < 4.78 is 0. The van der Waals surface area contributed by atoms with E-state index in [0.717, 1.165) is 12.8 Å². The summed E-state index contributed by atoms with van der Waals surface area (Å²) in [6.45, 7) is 3.74. The Morgan fingerprint density at radius 1 is 1.21 bits per heavy atom. The quantitative estimate of drug-likeness (QED) is 0.154. The van der Waals surface area contributed by atoms with Crippen molar-refractivity contribution in [2.75, 3.05) is 0 Å². The molecule has 1 atom stereocenters. The van der Waals surface area contributed by atoms with Gasteiger partial charge in [0.1, 0.15) is 0 Å². The Labute approximate surface area is 116 Å². The minimum Gasteiger partial charge on any atom is -0.295 e. The second-order valence-electron chi connectivity index (χ2n) is 5.02. The fourth-order valence-electron chi connectivity index (χ4n) is 2.02. The molecule has 19 heavy (non-hydrogen) atoms. The summed E-state index contributed by atoms with van der Waals surface area (Å²) in [6.07, 6.45) is 13.8. The third-order valence-corrected chi connectivity index (χ3v) is 3.12. The molecule has 0 bridgehead atoms. The van der Waals surface area contributed by atoms with Gasteiger partial charge in [0, 0.05) is 11.0 Å². The Kier molecular flexibility index (Phi) is 12.3. The Morgan fingerprint density at radius 3 is 2.42 bits per heavy atom. The lowest BCUT2D eigenvalue weighted by atomic mass is 10.0. The molecule has 0 aromatic rings. The number of carbonyl (C=O) groups is 1. The van der Waals surface area contributed by atoms with Gasteiger partial charge in [0.2, 0.25) is 0 Å². The van der Waals surface area contributed by atoms with E-state index >= 15 is 0 Å². The van der Waals surface area contributed by atoms with Crippen LogP contribution in [0.15, 0.2) is 17.3 Å². The highest BCUT2D eigenvalue weighted by molar-refractivity contribution is 5.87. The second kappa shape index (κ2) is 13.2. The van der Waals surface area contributed by atoms with Gasteiger partial charge >= 0.3 is 0 Å². The molecule has 0 rings (SSSR count). The fourth-order valence-corrected chi connectivity index (χ4v) is 2.02. The van der Waals surface area contributed by atoms with Crippen LogP contribution in [0, 0.1) is 0 Å². The minimum atomic E-state index is -0.00348. The van der Waals surface area contributed by atoms with Crippen LogP contribution in [0.5, 0.6) is 0 Å². The van der Waals surface area contributed by atoms with E-state index in [4.69, 9.17) is 5.53 Å². The molecule has 0 aromatic carbocycles. The first kappa shape index (κ1) is 17.7. The van der Waals surface area contributed by atoms with Crippen molar-refractivity contribution < 1.29 is 4.79 Å². The van der Waals surface area contributed by atoms with E-state index in [9.17, 15) is 4.79 Å². The Hall–Kier alpha value is -1.28. The zero-order chi connectivity index (χ0) is 14.3. The highest BCUT2D eigenvalue weighted by atomic mass is 16.1. The lowest BCUT2D eigenvalue weighted by Gasteiger charge is -2.08. The van der Waals surface area contributed by atoms with E-state index in [1.807, 2.05) is 6.08 Å². The number of unbranched alkanes of at least 4 members (excludes halogenated alkanes) is 6. The van der Waals surface area contributed by atoms with Gasteiger partial charge < -0.3 is 0 Å². The van der Waals surface area contributed by atoms with Gasteiger partial charge in [-0.25, -0.2) is 0 Å². The molecule has 4 nitrogen and oxygen atoms in total. The average Bonchev–Trinajstić information content (AvgIpc) is 2.37.